The summed E-state index contributed by atoms with van der Waals surface area (Å²) in [6.45, 7) is 24.4. The topological polar surface area (TPSA) is 83.1 Å². The molecule has 12 rings (SSSR count). The van der Waals surface area contributed by atoms with Crippen molar-refractivity contribution in [3.8, 4) is 0 Å². The fraction of sp³-hybridized carbons (Fsp3) is 1.00. The van der Waals surface area contributed by atoms with Crippen LogP contribution < -0.4 is 0 Å². The second-order valence-electron chi connectivity index (χ2n) is 21.6. The predicted octanol–water partition coefficient (Wildman–Crippen LogP) is 10.4. The Bertz CT molecular complexity index is 1030. The first-order valence-electron chi connectivity index (χ1n) is 25.7. The highest BCUT2D eigenvalue weighted by Crippen LogP contribution is 2.41. The zero-order chi connectivity index (χ0) is 41.8. The summed E-state index contributed by atoms with van der Waals surface area (Å²) in [4.78, 5) is 0. The highest BCUT2D eigenvalue weighted by atomic mass is 16.7. The molecule has 0 aromatic rings. The number of hydrogen-bond acceptors (Lipinski definition) is 9. The maximum Gasteiger partial charge on any atom is 0.160 e. The van der Waals surface area contributed by atoms with Crippen molar-refractivity contribution in [1.29, 1.82) is 0 Å². The van der Waals surface area contributed by atoms with Crippen molar-refractivity contribution >= 4 is 0 Å². The molecular weight excluding hydrogens is 757 g/mol. The molecule has 12 fully saturated rings. The molecular formula is C51H90O9. The Kier molecular flexibility index (Phi) is 19.2. The van der Waals surface area contributed by atoms with Gasteiger partial charge in [-0.25, -0.2) is 0 Å². The first-order chi connectivity index (χ1) is 29.2. The smallest absolute Gasteiger partial charge is 0.160 e. The van der Waals surface area contributed by atoms with Crippen LogP contribution in [0.2, 0.25) is 0 Å². The molecule has 0 N–H and O–H groups in total. The van der Waals surface area contributed by atoms with E-state index in [9.17, 15) is 0 Å². The summed E-state index contributed by atoms with van der Waals surface area (Å²) in [5.41, 5.74) is 0. The Morgan fingerprint density at radius 2 is 0.800 bits per heavy atom. The zero-order valence-corrected chi connectivity index (χ0v) is 39.2. The monoisotopic (exact) mass is 847 g/mol. The van der Waals surface area contributed by atoms with E-state index in [1.165, 1.54) is 103 Å². The molecule has 0 radical (unpaired) electrons. The summed E-state index contributed by atoms with van der Waals surface area (Å²) in [5, 5.41) is 0. The summed E-state index contributed by atoms with van der Waals surface area (Å²) in [6.07, 6.45) is 23.3. The van der Waals surface area contributed by atoms with Crippen molar-refractivity contribution in [2.24, 2.45) is 76.9 Å². The first-order valence-corrected chi connectivity index (χ1v) is 25.7. The molecule has 60 heavy (non-hydrogen) atoms. The number of hydrogen-bond donors (Lipinski definition) is 0. The van der Waals surface area contributed by atoms with Gasteiger partial charge in [-0.1, -0.05) is 73.6 Å². The van der Waals surface area contributed by atoms with Crippen molar-refractivity contribution in [2.75, 3.05) is 72.7 Å². The third-order valence-corrected chi connectivity index (χ3v) is 17.3. The van der Waals surface area contributed by atoms with Gasteiger partial charge in [0, 0.05) is 50.8 Å². The van der Waals surface area contributed by atoms with Gasteiger partial charge in [-0.2, -0.15) is 0 Å². The molecule has 18 atom stereocenters. The maximum absolute atomic E-state index is 5.67. The van der Waals surface area contributed by atoms with Gasteiger partial charge in [-0.15, -0.1) is 0 Å². The number of fused-ring (bicyclic) bond motifs is 6. The summed E-state index contributed by atoms with van der Waals surface area (Å²) < 4.78 is 49.4. The zero-order valence-electron chi connectivity index (χ0n) is 39.2. The molecule has 9 heteroatoms. The van der Waals surface area contributed by atoms with Crippen LogP contribution in [0.25, 0.3) is 0 Å². The Hall–Kier alpha value is -0.360. The highest BCUT2D eigenvalue weighted by Gasteiger charge is 2.39. The van der Waals surface area contributed by atoms with Crippen LogP contribution in [0.5, 0.6) is 0 Å². The minimum Gasteiger partial charge on any atom is -0.381 e. The molecule has 12 aliphatic rings. The SMILES string of the molecule is C[C@@H]1CCO[C@@H]2OCC[C@@H]21.C[C@H]1CCC[C@H]2COC[C@H]21.C[C@H]1CCC[C@H]2OCC[C@@H]12.C[C@H]1CCO[C@H]2CCC[C@H]21.C[C@H]1CCO[C@H]2COC[C@H]21.C[C@H]1CO[C@H]2OCC[C@H]2C1. The second kappa shape index (κ2) is 24.2. The second-order valence-corrected chi connectivity index (χ2v) is 21.6. The Labute approximate surface area is 366 Å². The van der Waals surface area contributed by atoms with Gasteiger partial charge >= 0.3 is 0 Å². The third-order valence-electron chi connectivity index (χ3n) is 17.3. The van der Waals surface area contributed by atoms with Gasteiger partial charge in [0.25, 0.3) is 0 Å². The van der Waals surface area contributed by atoms with E-state index in [-0.39, 0.29) is 12.6 Å². The van der Waals surface area contributed by atoms with E-state index in [2.05, 4.69) is 41.5 Å². The van der Waals surface area contributed by atoms with Crippen molar-refractivity contribution in [3.63, 3.8) is 0 Å². The van der Waals surface area contributed by atoms with Crippen molar-refractivity contribution < 1.29 is 42.6 Å². The summed E-state index contributed by atoms with van der Waals surface area (Å²) in [6, 6.07) is 0. The maximum atomic E-state index is 5.67. The van der Waals surface area contributed by atoms with Gasteiger partial charge in [0.15, 0.2) is 12.6 Å². The molecule has 3 aliphatic carbocycles. The fourth-order valence-corrected chi connectivity index (χ4v) is 13.0. The van der Waals surface area contributed by atoms with E-state index in [0.717, 1.165) is 132 Å². The average Bonchev–Trinajstić information content (AvgIpc) is 4.11. The van der Waals surface area contributed by atoms with E-state index in [1.807, 2.05) is 0 Å². The van der Waals surface area contributed by atoms with E-state index in [1.54, 1.807) is 0 Å². The van der Waals surface area contributed by atoms with Gasteiger partial charge in [0.2, 0.25) is 0 Å². The lowest BCUT2D eigenvalue weighted by Gasteiger charge is -2.31. The van der Waals surface area contributed by atoms with Gasteiger partial charge in [-0.05, 0) is 130 Å². The van der Waals surface area contributed by atoms with Crippen LogP contribution in [-0.4, -0.2) is 104 Å². The molecule has 9 nitrogen and oxygen atoms in total. The molecule has 0 spiro atoms. The minimum absolute atomic E-state index is 0.142. The van der Waals surface area contributed by atoms with Crippen LogP contribution in [0.1, 0.15) is 144 Å². The normalized spacial score (nSPS) is 47.1. The van der Waals surface area contributed by atoms with E-state index >= 15 is 0 Å². The van der Waals surface area contributed by atoms with Gasteiger partial charge < -0.3 is 42.6 Å². The van der Waals surface area contributed by atoms with E-state index in [0.29, 0.717) is 36.1 Å². The Morgan fingerprint density at radius 3 is 1.50 bits per heavy atom. The Balaban J connectivity index is 0.000000109. The molecule has 0 amide bonds. The van der Waals surface area contributed by atoms with Crippen LogP contribution in [-0.2, 0) is 42.6 Å². The summed E-state index contributed by atoms with van der Waals surface area (Å²) in [5.74, 6) is 10.9. The van der Waals surface area contributed by atoms with E-state index in [4.69, 9.17) is 42.6 Å². The van der Waals surface area contributed by atoms with Crippen molar-refractivity contribution in [2.45, 2.75) is 175 Å². The van der Waals surface area contributed by atoms with Crippen LogP contribution in [0.3, 0.4) is 0 Å². The molecule has 3 saturated carbocycles. The van der Waals surface area contributed by atoms with Crippen molar-refractivity contribution in [1.82, 2.24) is 0 Å². The van der Waals surface area contributed by atoms with Crippen molar-refractivity contribution in [3.05, 3.63) is 0 Å². The lowest BCUT2D eigenvalue weighted by Crippen LogP contribution is -2.33. The summed E-state index contributed by atoms with van der Waals surface area (Å²) in [7, 11) is 0. The molecule has 0 aromatic heterocycles. The van der Waals surface area contributed by atoms with Gasteiger partial charge in [-0.3, -0.25) is 0 Å². The molecule has 0 aromatic carbocycles. The quantitative estimate of drug-likeness (QED) is 0.237. The van der Waals surface area contributed by atoms with Crippen LogP contribution >= 0.6 is 0 Å². The van der Waals surface area contributed by atoms with Crippen LogP contribution in [0.4, 0.5) is 0 Å². The van der Waals surface area contributed by atoms with E-state index < -0.39 is 0 Å². The van der Waals surface area contributed by atoms with Gasteiger partial charge in [0.05, 0.1) is 58.0 Å². The summed E-state index contributed by atoms with van der Waals surface area (Å²) >= 11 is 0. The lowest BCUT2D eigenvalue weighted by atomic mass is 9.75. The molecule has 0 unspecified atom stereocenters. The molecule has 9 aliphatic heterocycles. The van der Waals surface area contributed by atoms with Crippen LogP contribution in [0.15, 0.2) is 0 Å². The number of ether oxygens (including phenoxy) is 9. The largest absolute Gasteiger partial charge is 0.381 e. The fourth-order valence-electron chi connectivity index (χ4n) is 13.0. The lowest BCUT2D eigenvalue weighted by molar-refractivity contribution is -0.164. The minimum atomic E-state index is 0.142. The molecule has 9 saturated heterocycles. The first kappa shape index (κ1) is 47.6. The molecule has 9 heterocycles. The molecule has 0 bridgehead atoms. The molecule has 348 valence electrons. The predicted molar refractivity (Wildman–Crippen MR) is 236 cm³/mol. The van der Waals surface area contributed by atoms with Gasteiger partial charge in [0.1, 0.15) is 0 Å². The number of rotatable bonds is 0. The Morgan fingerprint density at radius 1 is 0.300 bits per heavy atom. The average molecular weight is 847 g/mol. The van der Waals surface area contributed by atoms with Crippen LogP contribution in [0, 0.1) is 76.9 Å². The third kappa shape index (κ3) is 13.1. The standard InChI is InChI=1S/3C9H16O.3C8H14O2/c1-7-3-2-4-8-5-10-6-9(7)8;1-7-5-6-10-9-4-2-3-8(7)9;1-7-3-2-4-9-8(7)5-6-10-9;1-6-2-4-9-8-7(6)3-5-10-8;1-6-4-7-2-3-9-8(7)10-5-6;1-6-2-3-10-8-5-9-4-7(6)8/h3*7-9H,2-6H2,1H3;3*6-8H,2-5H2,1H3/t2*7-,8-,9-;7-,8-,9+;6-,7-,8-;6-,7+,8-;6-,7-,8-/m000110/s1. The highest BCUT2D eigenvalue weighted by molar-refractivity contribution is 4.87.